The molecule has 0 aliphatic heterocycles. The van der Waals surface area contributed by atoms with Crippen molar-refractivity contribution in [3.8, 4) is 0 Å². The van der Waals surface area contributed by atoms with E-state index in [9.17, 15) is 29.4 Å². The first-order valence-corrected chi connectivity index (χ1v) is 9.78. The number of carbonyl (C=O) groups excluding carboxylic acids is 4. The standard InChI is InChI=1S/2C8H14O3.2C3H8O.Ti/c2*1-5(9)6(7(10)11)8(2,3)4;2*1-3(2)4;/h2*6H,1-4H3,(H,10,11);2*3-4H,1-2H3;/q;;;;+2/p-2. The van der Waals surface area contributed by atoms with E-state index in [1.807, 2.05) is 0 Å². The smallest absolute Gasteiger partial charge is 0.549 e. The fraction of sp³-hybridized carbons (Fsp3) is 0.818. The Morgan fingerprint density at radius 1 is 0.613 bits per heavy atom. The van der Waals surface area contributed by atoms with Crippen molar-refractivity contribution in [1.29, 1.82) is 0 Å². The molecule has 182 valence electrons. The number of hydrogen-bond donors (Lipinski definition) is 2. The Labute approximate surface area is 202 Å². The molecule has 0 fully saturated rings. The van der Waals surface area contributed by atoms with E-state index in [0.29, 0.717) is 0 Å². The van der Waals surface area contributed by atoms with Gasteiger partial charge in [0.15, 0.2) is 0 Å². The van der Waals surface area contributed by atoms with Crippen molar-refractivity contribution in [2.45, 2.75) is 95.3 Å². The topological polar surface area (TPSA) is 155 Å². The Bertz CT molecular complexity index is 447. The minimum Gasteiger partial charge on any atom is -0.549 e. The van der Waals surface area contributed by atoms with Gasteiger partial charge in [0.1, 0.15) is 11.6 Å². The van der Waals surface area contributed by atoms with Crippen molar-refractivity contribution in [3.63, 3.8) is 0 Å². The van der Waals surface area contributed by atoms with E-state index < -0.39 is 34.6 Å². The molecule has 0 heterocycles. The number of aliphatic hydroxyl groups is 2. The van der Waals surface area contributed by atoms with E-state index in [2.05, 4.69) is 0 Å². The quantitative estimate of drug-likeness (QED) is 0.439. The third-order valence-corrected chi connectivity index (χ3v) is 3.02. The second kappa shape index (κ2) is 18.5. The van der Waals surface area contributed by atoms with Crippen LogP contribution >= 0.6 is 0 Å². The molecule has 0 aliphatic rings. The molecule has 8 nitrogen and oxygen atoms in total. The first-order valence-electron chi connectivity index (χ1n) is 9.78. The number of rotatable bonds is 4. The molecule has 0 saturated heterocycles. The summed E-state index contributed by atoms with van der Waals surface area (Å²) in [7, 11) is 0. The third-order valence-electron chi connectivity index (χ3n) is 3.02. The average molecular weight is 482 g/mol. The van der Waals surface area contributed by atoms with Crippen LogP contribution < -0.4 is 10.2 Å². The molecular formula is C22H42O8Ti. The van der Waals surface area contributed by atoms with Gasteiger partial charge in [0, 0.05) is 12.2 Å². The van der Waals surface area contributed by atoms with Crippen LogP contribution in [0.4, 0.5) is 0 Å². The molecule has 0 aliphatic carbocycles. The molecule has 0 rings (SSSR count). The maximum absolute atomic E-state index is 10.8. The maximum atomic E-state index is 10.8. The zero-order valence-corrected chi connectivity index (χ0v) is 22.7. The molecule has 2 unspecified atom stereocenters. The van der Waals surface area contributed by atoms with Gasteiger partial charge < -0.3 is 30.0 Å². The van der Waals surface area contributed by atoms with Crippen LogP contribution in [0.15, 0.2) is 0 Å². The molecule has 0 saturated carbocycles. The van der Waals surface area contributed by atoms with Gasteiger partial charge in [-0.3, -0.25) is 9.59 Å². The minimum atomic E-state index is -1.29. The van der Waals surface area contributed by atoms with Crippen molar-refractivity contribution in [1.82, 2.24) is 0 Å². The largest absolute Gasteiger partial charge is 2.00 e. The summed E-state index contributed by atoms with van der Waals surface area (Å²) >= 11 is 0. The molecule has 0 bridgehead atoms. The molecule has 0 aromatic carbocycles. The van der Waals surface area contributed by atoms with Crippen LogP contribution in [0, 0.1) is 22.7 Å². The Hall–Kier alpha value is -1.09. The van der Waals surface area contributed by atoms with Gasteiger partial charge in [-0.2, -0.15) is 0 Å². The summed E-state index contributed by atoms with van der Waals surface area (Å²) in [6.45, 7) is 19.6. The van der Waals surface area contributed by atoms with E-state index in [0.717, 1.165) is 0 Å². The summed E-state index contributed by atoms with van der Waals surface area (Å²) in [6.07, 6.45) is -0.333. The molecule has 0 amide bonds. The second-order valence-corrected chi connectivity index (χ2v) is 9.64. The Morgan fingerprint density at radius 2 is 0.742 bits per heavy atom. The summed E-state index contributed by atoms with van der Waals surface area (Å²) in [5, 5.41) is 37.0. The van der Waals surface area contributed by atoms with Crippen LogP contribution in [0.2, 0.25) is 0 Å². The summed E-state index contributed by atoms with van der Waals surface area (Å²) in [5.41, 5.74) is -1.10. The third kappa shape index (κ3) is 28.9. The van der Waals surface area contributed by atoms with Gasteiger partial charge in [-0.05, 0) is 52.4 Å². The van der Waals surface area contributed by atoms with Crippen molar-refractivity contribution in [2.24, 2.45) is 22.7 Å². The molecule has 0 spiro atoms. The predicted octanol–water partition coefficient (Wildman–Crippen LogP) is 0.747. The first kappa shape index (κ1) is 40.3. The summed E-state index contributed by atoms with van der Waals surface area (Å²) in [5.74, 6) is -5.27. The normalized spacial score (nSPS) is 12.4. The molecule has 0 radical (unpaired) electrons. The summed E-state index contributed by atoms with van der Waals surface area (Å²) in [6, 6.07) is 0. The molecule has 9 heteroatoms. The van der Waals surface area contributed by atoms with Gasteiger partial charge >= 0.3 is 21.7 Å². The van der Waals surface area contributed by atoms with E-state index >= 15 is 0 Å². The molecule has 0 aromatic heterocycles. The van der Waals surface area contributed by atoms with Crippen LogP contribution in [0.25, 0.3) is 0 Å². The fourth-order valence-electron chi connectivity index (χ4n) is 2.26. The van der Waals surface area contributed by atoms with Gasteiger partial charge in [0.2, 0.25) is 0 Å². The minimum absolute atomic E-state index is 0. The van der Waals surface area contributed by atoms with E-state index in [1.54, 1.807) is 69.2 Å². The Kier molecular flexibility index (Phi) is 24.0. The number of ketones is 2. The Balaban J connectivity index is -0.000000106. The molecular weight excluding hydrogens is 440 g/mol. The van der Waals surface area contributed by atoms with E-state index in [4.69, 9.17) is 10.2 Å². The number of carbonyl (C=O) groups is 4. The Morgan fingerprint density at radius 3 is 0.742 bits per heavy atom. The number of aliphatic carboxylic acids is 2. The van der Waals surface area contributed by atoms with Crippen molar-refractivity contribution in [2.75, 3.05) is 0 Å². The molecule has 2 N–H and O–H groups in total. The SMILES string of the molecule is CC(=O)C(C(=O)[O-])C(C)(C)C.CC(=O)C(C(=O)[O-])C(C)(C)C.CC(C)O.CC(C)O.[Ti+2]. The van der Waals surface area contributed by atoms with Gasteiger partial charge in [0.05, 0.1) is 23.8 Å². The van der Waals surface area contributed by atoms with Gasteiger partial charge in [0.25, 0.3) is 0 Å². The number of Topliss-reactive ketones (excluding diaryl/α,β-unsaturated/α-hetero) is 2. The monoisotopic (exact) mass is 482 g/mol. The summed E-state index contributed by atoms with van der Waals surface area (Å²) < 4.78 is 0. The number of aliphatic hydroxyl groups excluding tert-OH is 2. The van der Waals surface area contributed by atoms with Gasteiger partial charge in [-0.1, -0.05) is 41.5 Å². The van der Waals surface area contributed by atoms with Gasteiger partial charge in [-0.15, -0.1) is 0 Å². The average Bonchev–Trinajstić information content (AvgIpc) is 2.30. The number of carboxylic acids is 2. The van der Waals surface area contributed by atoms with Crippen LogP contribution in [-0.4, -0.2) is 45.9 Å². The fourth-order valence-corrected chi connectivity index (χ4v) is 2.26. The molecule has 0 aromatic rings. The van der Waals surface area contributed by atoms with Crippen LogP contribution in [-0.2, 0) is 40.9 Å². The van der Waals surface area contributed by atoms with Crippen molar-refractivity contribution < 1.29 is 61.3 Å². The number of carboxylic acid groups (broad SMARTS) is 2. The summed E-state index contributed by atoms with van der Waals surface area (Å²) in [4.78, 5) is 42.5. The van der Waals surface area contributed by atoms with Crippen molar-refractivity contribution >= 4 is 23.5 Å². The zero-order chi connectivity index (χ0) is 25.6. The zero-order valence-electron chi connectivity index (χ0n) is 21.2. The van der Waals surface area contributed by atoms with Crippen molar-refractivity contribution in [3.05, 3.63) is 0 Å². The van der Waals surface area contributed by atoms with E-state index in [-0.39, 0.29) is 45.5 Å². The second-order valence-electron chi connectivity index (χ2n) is 9.64. The van der Waals surface area contributed by atoms with Crippen LogP contribution in [0.3, 0.4) is 0 Å². The van der Waals surface area contributed by atoms with Gasteiger partial charge in [-0.25, -0.2) is 0 Å². The first-order chi connectivity index (χ1) is 13.0. The van der Waals surface area contributed by atoms with E-state index in [1.165, 1.54) is 13.8 Å². The maximum Gasteiger partial charge on any atom is 2.00 e. The van der Waals surface area contributed by atoms with Crippen LogP contribution in [0.5, 0.6) is 0 Å². The number of hydrogen-bond acceptors (Lipinski definition) is 8. The van der Waals surface area contributed by atoms with Crippen LogP contribution in [0.1, 0.15) is 83.1 Å². The predicted molar refractivity (Wildman–Crippen MR) is 112 cm³/mol. The molecule has 2 atom stereocenters. The molecule has 31 heavy (non-hydrogen) atoms.